The first kappa shape index (κ1) is 26.2. The Morgan fingerprint density at radius 1 is 1.08 bits per heavy atom. The van der Waals surface area contributed by atoms with E-state index < -0.39 is 6.03 Å². The minimum Gasteiger partial charge on any atom is -0.490 e. The zero-order valence-corrected chi connectivity index (χ0v) is 21.9. The molecule has 2 aromatic carbocycles. The van der Waals surface area contributed by atoms with Crippen molar-refractivity contribution in [2.24, 2.45) is 5.73 Å². The number of anilines is 1. The van der Waals surface area contributed by atoms with Gasteiger partial charge in [0.25, 0.3) is 5.91 Å². The van der Waals surface area contributed by atoms with Crippen molar-refractivity contribution in [3.63, 3.8) is 0 Å². The number of amides is 2. The lowest BCUT2D eigenvalue weighted by Crippen LogP contribution is -2.39. The van der Waals surface area contributed by atoms with Crippen molar-refractivity contribution < 1.29 is 23.8 Å². The van der Waals surface area contributed by atoms with Gasteiger partial charge in [0.05, 0.1) is 12.1 Å². The normalized spacial score (nSPS) is 13.2. The van der Waals surface area contributed by atoms with Crippen molar-refractivity contribution in [1.82, 2.24) is 14.9 Å². The van der Waals surface area contributed by atoms with E-state index >= 15 is 0 Å². The van der Waals surface area contributed by atoms with Crippen molar-refractivity contribution in [3.05, 3.63) is 77.6 Å². The summed E-state index contributed by atoms with van der Waals surface area (Å²) >= 11 is 0. The molecule has 3 heterocycles. The third-order valence-electron chi connectivity index (χ3n) is 6.65. The van der Waals surface area contributed by atoms with Crippen LogP contribution in [0.2, 0.25) is 0 Å². The van der Waals surface area contributed by atoms with Gasteiger partial charge in [-0.2, -0.15) is 0 Å². The zero-order chi connectivity index (χ0) is 27.4. The van der Waals surface area contributed by atoms with Crippen molar-refractivity contribution >= 4 is 28.7 Å². The number of fused-ring (bicyclic) bond motifs is 1. The molecule has 0 atom stereocenters. The molecule has 1 fully saturated rings. The van der Waals surface area contributed by atoms with Crippen LogP contribution in [0.5, 0.6) is 17.2 Å². The molecule has 1 aliphatic rings. The van der Waals surface area contributed by atoms with Crippen LogP contribution < -0.4 is 25.8 Å². The van der Waals surface area contributed by atoms with Crippen LogP contribution in [0.25, 0.3) is 10.9 Å². The third-order valence-corrected chi connectivity index (χ3v) is 6.65. The average molecular weight is 530 g/mol. The molecule has 1 saturated heterocycles. The lowest BCUT2D eigenvalue weighted by atomic mass is 9.93. The van der Waals surface area contributed by atoms with Crippen molar-refractivity contribution in [1.29, 1.82) is 0 Å². The topological polar surface area (TPSA) is 130 Å². The Labute approximate surface area is 226 Å². The molecule has 5 rings (SSSR count). The molecule has 4 aromatic rings. The number of nitrogens with zero attached hydrogens (tertiary/aromatic N) is 2. The van der Waals surface area contributed by atoms with E-state index in [1.807, 2.05) is 30.3 Å². The summed E-state index contributed by atoms with van der Waals surface area (Å²) in [5.41, 5.74) is 8.68. The molecule has 39 heavy (non-hydrogen) atoms. The number of nitrogens with two attached hydrogens (primary N) is 1. The highest BCUT2D eigenvalue weighted by molar-refractivity contribution is 6.03. The van der Waals surface area contributed by atoms with Crippen LogP contribution in [0.1, 0.15) is 34.0 Å². The van der Waals surface area contributed by atoms with E-state index in [2.05, 4.69) is 15.6 Å². The minimum absolute atomic E-state index is 0.259. The fourth-order valence-electron chi connectivity index (χ4n) is 4.51. The van der Waals surface area contributed by atoms with Gasteiger partial charge in [-0.1, -0.05) is 12.1 Å². The first-order chi connectivity index (χ1) is 18.9. The minimum atomic E-state index is -0.578. The predicted octanol–water partition coefficient (Wildman–Crippen LogP) is 4.42. The molecule has 0 aliphatic carbocycles. The summed E-state index contributed by atoms with van der Waals surface area (Å²) < 4.78 is 18.7. The summed E-state index contributed by atoms with van der Waals surface area (Å²) in [5.74, 6) is 1.95. The van der Waals surface area contributed by atoms with Gasteiger partial charge < -0.3 is 30.6 Å². The maximum absolute atomic E-state index is 12.8. The number of hydrogen-bond donors (Lipinski definition) is 3. The van der Waals surface area contributed by atoms with Gasteiger partial charge in [0.1, 0.15) is 11.6 Å². The molecule has 202 valence electrons. The quantitative estimate of drug-likeness (QED) is 0.259. The number of carbonyl (C=O) groups excluding carboxylic acids is 2. The highest BCUT2D eigenvalue weighted by atomic mass is 16.5. The van der Waals surface area contributed by atoms with E-state index in [1.165, 1.54) is 10.1 Å². The van der Waals surface area contributed by atoms with E-state index in [1.54, 1.807) is 44.5 Å². The highest BCUT2D eigenvalue weighted by Crippen LogP contribution is 2.37. The lowest BCUT2D eigenvalue weighted by molar-refractivity contribution is 0.102. The molecule has 10 heteroatoms. The Kier molecular flexibility index (Phi) is 7.76. The Bertz CT molecular complexity index is 1490. The molecule has 10 nitrogen and oxygen atoms in total. The second-order valence-corrected chi connectivity index (χ2v) is 9.42. The third kappa shape index (κ3) is 5.87. The predicted molar refractivity (Wildman–Crippen MR) is 148 cm³/mol. The van der Waals surface area contributed by atoms with Crippen LogP contribution in [-0.2, 0) is 4.74 Å². The van der Waals surface area contributed by atoms with Gasteiger partial charge in [0.2, 0.25) is 0 Å². The second kappa shape index (κ2) is 11.5. The summed E-state index contributed by atoms with van der Waals surface area (Å²) in [6.45, 7) is 4.67. The number of aromatic nitrogens is 2. The smallest absolute Gasteiger partial charge is 0.323 e. The standard InChI is InChI=1S/C29H31N5O5/c1-18-12-21-13-26(25(38-11-3-10-37-2)15-24(21)34(18)29(30)36)39-23-8-9-32-27(14-23)33-28(35)20-6-4-19(5-7-20)22-16-31-17-22/h4-9,12-15,22,31H,3,10-11,16-17H2,1-2H3,(H2,30,36)(H,32,33,35). The van der Waals surface area contributed by atoms with Crippen molar-refractivity contribution in [2.75, 3.05) is 38.7 Å². The van der Waals surface area contributed by atoms with Crippen LogP contribution in [0.4, 0.5) is 10.6 Å². The summed E-state index contributed by atoms with van der Waals surface area (Å²) in [7, 11) is 1.63. The SMILES string of the molecule is COCCCOc1cc2c(cc1Oc1ccnc(NC(=O)c3ccc(C4CNC4)cc3)c1)cc(C)n2C(N)=O. The van der Waals surface area contributed by atoms with Crippen LogP contribution in [-0.4, -0.2) is 54.9 Å². The number of methoxy groups -OCH3 is 1. The zero-order valence-electron chi connectivity index (χ0n) is 21.9. The average Bonchev–Trinajstić information content (AvgIpc) is 3.21. The molecule has 0 bridgehead atoms. The lowest BCUT2D eigenvalue weighted by Gasteiger charge is -2.27. The fraction of sp³-hybridized carbons (Fsp3) is 0.276. The Hall–Kier alpha value is -4.41. The molecule has 0 saturated carbocycles. The van der Waals surface area contributed by atoms with Crippen LogP contribution in [0.15, 0.2) is 60.8 Å². The number of aryl methyl sites for hydroxylation is 1. The molecule has 2 aromatic heterocycles. The summed E-state index contributed by atoms with van der Waals surface area (Å²) in [6.07, 6.45) is 2.23. The number of ether oxygens (including phenoxy) is 3. The number of benzene rings is 2. The molecule has 0 unspecified atom stereocenters. The molecular formula is C29H31N5O5. The van der Waals surface area contributed by atoms with E-state index in [0.717, 1.165) is 18.5 Å². The highest BCUT2D eigenvalue weighted by Gasteiger charge is 2.19. The second-order valence-electron chi connectivity index (χ2n) is 9.42. The van der Waals surface area contributed by atoms with Gasteiger partial charge in [-0.25, -0.2) is 9.78 Å². The van der Waals surface area contributed by atoms with E-state index in [4.69, 9.17) is 19.9 Å². The summed E-state index contributed by atoms with van der Waals surface area (Å²) in [6, 6.07) is 15.8. The molecule has 4 N–H and O–H groups in total. The van der Waals surface area contributed by atoms with E-state index in [9.17, 15) is 9.59 Å². The fourth-order valence-corrected chi connectivity index (χ4v) is 4.51. The van der Waals surface area contributed by atoms with E-state index in [-0.39, 0.29) is 5.91 Å². The van der Waals surface area contributed by atoms with Gasteiger partial charge in [0, 0.05) is 74.1 Å². The molecule has 0 spiro atoms. The van der Waals surface area contributed by atoms with Gasteiger partial charge in [-0.05, 0) is 42.8 Å². The van der Waals surface area contributed by atoms with Crippen LogP contribution in [0, 0.1) is 6.92 Å². The van der Waals surface area contributed by atoms with Crippen molar-refractivity contribution in [3.8, 4) is 17.2 Å². The number of carbonyl (C=O) groups is 2. The summed E-state index contributed by atoms with van der Waals surface area (Å²) in [5, 5.41) is 6.86. The van der Waals surface area contributed by atoms with Crippen LogP contribution >= 0.6 is 0 Å². The van der Waals surface area contributed by atoms with Gasteiger partial charge in [0.15, 0.2) is 11.5 Å². The first-order valence-corrected chi connectivity index (χ1v) is 12.8. The monoisotopic (exact) mass is 529 g/mol. The molecular weight excluding hydrogens is 498 g/mol. The maximum atomic E-state index is 12.8. The van der Waals surface area contributed by atoms with E-state index in [0.29, 0.717) is 65.4 Å². The Morgan fingerprint density at radius 2 is 1.87 bits per heavy atom. The maximum Gasteiger partial charge on any atom is 0.323 e. The van der Waals surface area contributed by atoms with Crippen molar-refractivity contribution in [2.45, 2.75) is 19.3 Å². The number of primary amides is 1. The molecule has 2 amide bonds. The number of pyridine rings is 1. The van der Waals surface area contributed by atoms with Crippen LogP contribution in [0.3, 0.4) is 0 Å². The number of hydrogen-bond acceptors (Lipinski definition) is 7. The van der Waals surface area contributed by atoms with Gasteiger partial charge in [-0.3, -0.25) is 9.36 Å². The van der Waals surface area contributed by atoms with Gasteiger partial charge >= 0.3 is 6.03 Å². The Morgan fingerprint density at radius 3 is 2.56 bits per heavy atom. The number of nitrogens with one attached hydrogen (secondary N) is 2. The summed E-state index contributed by atoms with van der Waals surface area (Å²) in [4.78, 5) is 29.1. The first-order valence-electron chi connectivity index (χ1n) is 12.8. The van der Waals surface area contributed by atoms with Gasteiger partial charge in [-0.15, -0.1) is 0 Å². The Balaban J connectivity index is 1.36. The molecule has 0 radical (unpaired) electrons. The number of rotatable bonds is 10. The molecule has 1 aliphatic heterocycles. The largest absolute Gasteiger partial charge is 0.490 e.